The van der Waals surface area contributed by atoms with Crippen LogP contribution in [0.15, 0.2) is 6.33 Å². The molecule has 3 rings (SSSR count). The lowest BCUT2D eigenvalue weighted by Gasteiger charge is -2.34. The molecule has 3 heterocycles. The van der Waals surface area contributed by atoms with Gasteiger partial charge >= 0.3 is 5.97 Å². The van der Waals surface area contributed by atoms with Gasteiger partial charge in [0.1, 0.15) is 6.04 Å². The molecule has 0 radical (unpaired) electrons. The first kappa shape index (κ1) is 13.5. The van der Waals surface area contributed by atoms with Gasteiger partial charge in [0.05, 0.1) is 24.3 Å². The molecule has 2 aliphatic heterocycles. The molecule has 9 heteroatoms. The van der Waals surface area contributed by atoms with E-state index in [0.29, 0.717) is 24.5 Å². The Morgan fingerprint density at radius 2 is 2.10 bits per heavy atom. The highest BCUT2D eigenvalue weighted by atomic mass is 32.2. The van der Waals surface area contributed by atoms with E-state index in [9.17, 15) is 18.3 Å². The molecule has 0 saturated carbocycles. The van der Waals surface area contributed by atoms with Crippen molar-refractivity contribution in [1.29, 1.82) is 0 Å². The normalized spacial score (nSPS) is 24.7. The van der Waals surface area contributed by atoms with Gasteiger partial charge in [-0.3, -0.25) is 4.79 Å². The number of fused-ring (bicyclic) bond motifs is 1. The van der Waals surface area contributed by atoms with Crippen molar-refractivity contribution in [2.24, 2.45) is 0 Å². The summed E-state index contributed by atoms with van der Waals surface area (Å²) in [4.78, 5) is 18.3. The predicted octanol–water partition coefficient (Wildman–Crippen LogP) is -0.438. The monoisotopic (exact) mass is 300 g/mol. The summed E-state index contributed by atoms with van der Waals surface area (Å²) >= 11 is 0. The zero-order valence-corrected chi connectivity index (χ0v) is 11.6. The summed E-state index contributed by atoms with van der Waals surface area (Å²) in [5.41, 5.74) is 1.30. The fraction of sp³-hybridized carbons (Fsp3) is 0.636. The Balaban J connectivity index is 1.96. The number of rotatable bonds is 3. The number of imidazole rings is 1. The minimum absolute atomic E-state index is 0.0329. The first-order valence-electron chi connectivity index (χ1n) is 6.51. The Morgan fingerprint density at radius 1 is 1.40 bits per heavy atom. The number of aromatic nitrogens is 2. The molecule has 2 aliphatic rings. The molecule has 20 heavy (non-hydrogen) atoms. The second kappa shape index (κ2) is 4.83. The van der Waals surface area contributed by atoms with Crippen molar-refractivity contribution in [1.82, 2.24) is 18.6 Å². The van der Waals surface area contributed by atoms with Crippen LogP contribution >= 0.6 is 0 Å². The van der Waals surface area contributed by atoms with E-state index >= 15 is 0 Å². The first-order chi connectivity index (χ1) is 9.50. The smallest absolute Gasteiger partial charge is 0.322 e. The topological polar surface area (TPSA) is 107 Å². The third kappa shape index (κ3) is 2.11. The van der Waals surface area contributed by atoms with Crippen LogP contribution in [0.4, 0.5) is 0 Å². The number of carboxylic acid groups (broad SMARTS) is 1. The van der Waals surface area contributed by atoms with Crippen molar-refractivity contribution in [2.45, 2.75) is 31.8 Å². The van der Waals surface area contributed by atoms with Gasteiger partial charge in [-0.1, -0.05) is 0 Å². The SMILES string of the molecule is O=C(O)C1Cc2nc[nH]c2CN1S(=O)(=O)N1CCCC1. The van der Waals surface area contributed by atoms with E-state index in [1.54, 1.807) is 0 Å². The molecule has 0 bridgehead atoms. The van der Waals surface area contributed by atoms with Crippen LogP contribution in [0.2, 0.25) is 0 Å². The van der Waals surface area contributed by atoms with Crippen LogP contribution in [0.5, 0.6) is 0 Å². The molecular formula is C11H16N4O4S. The van der Waals surface area contributed by atoms with Crippen LogP contribution in [0.25, 0.3) is 0 Å². The lowest BCUT2D eigenvalue weighted by molar-refractivity contribution is -0.142. The first-order valence-corrected chi connectivity index (χ1v) is 7.90. The zero-order chi connectivity index (χ0) is 14.3. The molecule has 1 unspecified atom stereocenters. The van der Waals surface area contributed by atoms with E-state index in [0.717, 1.165) is 17.1 Å². The van der Waals surface area contributed by atoms with Gasteiger partial charge in [0.2, 0.25) is 0 Å². The third-order valence-electron chi connectivity index (χ3n) is 3.83. The zero-order valence-electron chi connectivity index (χ0n) is 10.8. The van der Waals surface area contributed by atoms with E-state index in [-0.39, 0.29) is 13.0 Å². The second-order valence-electron chi connectivity index (χ2n) is 5.05. The fourth-order valence-electron chi connectivity index (χ4n) is 2.73. The molecule has 0 aliphatic carbocycles. The summed E-state index contributed by atoms with van der Waals surface area (Å²) < 4.78 is 27.6. The lowest BCUT2D eigenvalue weighted by atomic mass is 10.1. The average Bonchev–Trinajstić information content (AvgIpc) is 3.08. The predicted molar refractivity (Wildman–Crippen MR) is 69.0 cm³/mol. The molecule has 110 valence electrons. The Hall–Kier alpha value is -1.45. The van der Waals surface area contributed by atoms with E-state index in [2.05, 4.69) is 9.97 Å². The molecule has 1 aromatic rings. The van der Waals surface area contributed by atoms with Crippen molar-refractivity contribution in [3.05, 3.63) is 17.7 Å². The highest BCUT2D eigenvalue weighted by Crippen LogP contribution is 2.27. The number of aromatic amines is 1. The summed E-state index contributed by atoms with van der Waals surface area (Å²) in [5.74, 6) is -1.14. The van der Waals surface area contributed by atoms with Crippen molar-refractivity contribution in [3.63, 3.8) is 0 Å². The quantitative estimate of drug-likeness (QED) is 0.787. The minimum Gasteiger partial charge on any atom is -0.480 e. The van der Waals surface area contributed by atoms with Crippen LogP contribution < -0.4 is 0 Å². The number of nitrogens with zero attached hydrogens (tertiary/aromatic N) is 3. The standard InChI is InChI=1S/C11H16N4O4S/c16-11(17)10-5-8-9(13-7-12-8)6-15(10)20(18,19)14-3-1-2-4-14/h7,10H,1-6H2,(H,12,13)(H,16,17). The van der Waals surface area contributed by atoms with Gasteiger partial charge in [0.25, 0.3) is 10.2 Å². The number of nitrogens with one attached hydrogen (secondary N) is 1. The largest absolute Gasteiger partial charge is 0.480 e. The van der Waals surface area contributed by atoms with Crippen molar-refractivity contribution in [3.8, 4) is 0 Å². The Labute approximate surface area is 116 Å². The maximum absolute atomic E-state index is 12.6. The maximum atomic E-state index is 12.6. The van der Waals surface area contributed by atoms with Crippen LogP contribution in [0, 0.1) is 0 Å². The third-order valence-corrected chi connectivity index (χ3v) is 5.82. The Morgan fingerprint density at radius 3 is 2.75 bits per heavy atom. The van der Waals surface area contributed by atoms with Gasteiger partial charge in [-0.2, -0.15) is 17.0 Å². The van der Waals surface area contributed by atoms with Crippen LogP contribution in [0.1, 0.15) is 24.2 Å². The summed E-state index contributed by atoms with van der Waals surface area (Å²) in [7, 11) is -3.74. The summed E-state index contributed by atoms with van der Waals surface area (Å²) in [6.07, 6.45) is 3.21. The molecule has 1 fully saturated rings. The summed E-state index contributed by atoms with van der Waals surface area (Å²) in [5, 5.41) is 9.32. The van der Waals surface area contributed by atoms with Crippen LogP contribution in [-0.4, -0.2) is 57.2 Å². The number of aliphatic carboxylic acids is 1. The molecule has 0 aromatic carbocycles. The van der Waals surface area contributed by atoms with Gasteiger partial charge < -0.3 is 10.1 Å². The van der Waals surface area contributed by atoms with Crippen LogP contribution in [-0.2, 0) is 28.0 Å². The lowest BCUT2D eigenvalue weighted by Crippen LogP contribution is -2.53. The van der Waals surface area contributed by atoms with Gasteiger partial charge in [-0.25, -0.2) is 4.98 Å². The van der Waals surface area contributed by atoms with E-state index in [1.165, 1.54) is 10.6 Å². The van der Waals surface area contributed by atoms with E-state index < -0.39 is 22.2 Å². The number of carboxylic acids is 1. The minimum atomic E-state index is -3.74. The van der Waals surface area contributed by atoms with Gasteiger partial charge in [0.15, 0.2) is 0 Å². The summed E-state index contributed by atoms with van der Waals surface area (Å²) in [6.45, 7) is 0.952. The Bertz CT molecular complexity index is 620. The molecule has 0 spiro atoms. The van der Waals surface area contributed by atoms with Crippen molar-refractivity contribution < 1.29 is 18.3 Å². The van der Waals surface area contributed by atoms with Gasteiger partial charge in [-0.05, 0) is 12.8 Å². The molecule has 8 nitrogen and oxygen atoms in total. The van der Waals surface area contributed by atoms with E-state index in [4.69, 9.17) is 0 Å². The Kier molecular flexibility index (Phi) is 3.27. The average molecular weight is 300 g/mol. The molecule has 0 amide bonds. The summed E-state index contributed by atoms with van der Waals surface area (Å²) in [6, 6.07) is -1.09. The molecule has 2 N–H and O–H groups in total. The van der Waals surface area contributed by atoms with Crippen molar-refractivity contribution in [2.75, 3.05) is 13.1 Å². The molecule has 1 aromatic heterocycles. The fourth-order valence-corrected chi connectivity index (χ4v) is 4.53. The van der Waals surface area contributed by atoms with Crippen molar-refractivity contribution >= 4 is 16.2 Å². The van der Waals surface area contributed by atoms with Gasteiger partial charge in [0, 0.05) is 19.5 Å². The number of hydrogen-bond donors (Lipinski definition) is 2. The highest BCUT2D eigenvalue weighted by Gasteiger charge is 2.43. The van der Waals surface area contributed by atoms with Crippen LogP contribution in [0.3, 0.4) is 0 Å². The number of hydrogen-bond acceptors (Lipinski definition) is 4. The maximum Gasteiger partial charge on any atom is 0.322 e. The highest BCUT2D eigenvalue weighted by molar-refractivity contribution is 7.86. The molecule has 1 saturated heterocycles. The van der Waals surface area contributed by atoms with E-state index in [1.807, 2.05) is 0 Å². The molecule has 1 atom stereocenters. The molecular weight excluding hydrogens is 284 g/mol. The number of H-pyrrole nitrogens is 1. The van der Waals surface area contributed by atoms with Gasteiger partial charge in [-0.15, -0.1) is 0 Å². The second-order valence-corrected chi connectivity index (χ2v) is 6.93. The number of carbonyl (C=O) groups is 1.